The van der Waals surface area contributed by atoms with E-state index in [1.165, 1.54) is 23.5 Å². The van der Waals surface area contributed by atoms with E-state index < -0.39 is 11.7 Å². The van der Waals surface area contributed by atoms with Crippen molar-refractivity contribution >= 4 is 23.3 Å². The highest BCUT2D eigenvalue weighted by Gasteiger charge is 2.28. The van der Waals surface area contributed by atoms with Gasteiger partial charge in [0, 0.05) is 17.6 Å². The first-order valence-electron chi connectivity index (χ1n) is 11.6. The van der Waals surface area contributed by atoms with Crippen LogP contribution < -0.4 is 10.1 Å². The number of phenols is 2. The third kappa shape index (κ3) is 6.25. The van der Waals surface area contributed by atoms with Crippen molar-refractivity contribution in [2.75, 3.05) is 13.1 Å². The Morgan fingerprint density at radius 3 is 2.69 bits per heavy atom. The van der Waals surface area contributed by atoms with Gasteiger partial charge in [0.05, 0.1) is 24.2 Å². The van der Waals surface area contributed by atoms with Crippen LogP contribution >= 0.6 is 11.3 Å². The van der Waals surface area contributed by atoms with Crippen LogP contribution in [-0.2, 0) is 17.7 Å². The zero-order valence-electron chi connectivity index (χ0n) is 20.4. The summed E-state index contributed by atoms with van der Waals surface area (Å²) in [5.74, 6) is -0.286. The van der Waals surface area contributed by atoms with Gasteiger partial charge in [-0.15, -0.1) is 11.3 Å². The second-order valence-corrected chi connectivity index (χ2v) is 10.6. The first-order valence-corrected chi connectivity index (χ1v) is 12.4. The minimum absolute atomic E-state index is 0.116. The number of nitrogens with one attached hydrogen (secondary N) is 1. The summed E-state index contributed by atoms with van der Waals surface area (Å²) in [6.45, 7) is 6.54. The fourth-order valence-electron chi connectivity index (χ4n) is 3.75. The van der Waals surface area contributed by atoms with E-state index in [-0.39, 0.29) is 30.0 Å². The van der Waals surface area contributed by atoms with Crippen molar-refractivity contribution in [3.8, 4) is 17.2 Å². The van der Waals surface area contributed by atoms with Crippen LogP contribution in [-0.4, -0.2) is 50.8 Å². The Hall–Kier alpha value is -3.79. The summed E-state index contributed by atoms with van der Waals surface area (Å²) in [6, 6.07) is 9.68. The number of aromatic nitrogens is 1. The number of rotatable bonds is 6. The molecule has 0 radical (unpaired) electrons. The second kappa shape index (κ2) is 10.4. The lowest BCUT2D eigenvalue weighted by Gasteiger charge is -2.29. The number of benzene rings is 1. The van der Waals surface area contributed by atoms with Crippen molar-refractivity contribution in [3.63, 3.8) is 0 Å². The first-order chi connectivity index (χ1) is 17.1. The lowest BCUT2D eigenvalue weighted by Crippen LogP contribution is -2.39. The number of carbonyl (C=O) groups excluding carboxylic acids is 2. The average Bonchev–Trinajstić information content (AvgIpc) is 3.26. The zero-order chi connectivity index (χ0) is 25.9. The Balaban J connectivity index is 1.44. The molecule has 3 aromatic rings. The normalized spacial score (nSPS) is 14.0. The van der Waals surface area contributed by atoms with Crippen molar-refractivity contribution in [2.24, 2.45) is 0 Å². The number of nitrogens with zero attached hydrogens (tertiary/aromatic N) is 2. The molecule has 0 saturated heterocycles. The maximum Gasteiger partial charge on any atom is 0.410 e. The minimum atomic E-state index is -0.637. The maximum absolute atomic E-state index is 13.0. The number of aromatic hydroxyl groups is 2. The van der Waals surface area contributed by atoms with E-state index in [2.05, 4.69) is 10.3 Å². The zero-order valence-corrected chi connectivity index (χ0v) is 21.2. The molecule has 1 aromatic carbocycles. The molecule has 3 N–H and O–H groups in total. The number of carbonyl (C=O) groups is 2. The molecule has 2 aromatic heterocycles. The molecule has 0 aliphatic carbocycles. The molecular formula is C26H29N3O6S. The van der Waals surface area contributed by atoms with Gasteiger partial charge in [-0.25, -0.2) is 4.79 Å². The van der Waals surface area contributed by atoms with Gasteiger partial charge in [-0.1, -0.05) is 6.07 Å². The van der Waals surface area contributed by atoms with Crippen molar-refractivity contribution in [3.05, 3.63) is 69.7 Å². The van der Waals surface area contributed by atoms with Gasteiger partial charge in [0.15, 0.2) is 11.5 Å². The predicted molar refractivity (Wildman–Crippen MR) is 134 cm³/mol. The Morgan fingerprint density at radius 1 is 1.19 bits per heavy atom. The van der Waals surface area contributed by atoms with Gasteiger partial charge in [0.25, 0.3) is 5.91 Å². The van der Waals surface area contributed by atoms with Gasteiger partial charge in [0.1, 0.15) is 17.5 Å². The number of ether oxygens (including phenoxy) is 2. The van der Waals surface area contributed by atoms with E-state index >= 15 is 0 Å². The molecule has 1 aliphatic rings. The summed E-state index contributed by atoms with van der Waals surface area (Å²) in [7, 11) is 0. The van der Waals surface area contributed by atoms with Crippen LogP contribution in [0.5, 0.6) is 17.2 Å². The van der Waals surface area contributed by atoms with Crippen molar-refractivity contribution < 1.29 is 29.3 Å². The quantitative estimate of drug-likeness (QED) is 0.420. The van der Waals surface area contributed by atoms with E-state index in [1.54, 1.807) is 35.5 Å². The largest absolute Gasteiger partial charge is 0.504 e. The Morgan fingerprint density at radius 2 is 2.00 bits per heavy atom. The van der Waals surface area contributed by atoms with Crippen molar-refractivity contribution in [1.82, 2.24) is 15.2 Å². The molecule has 1 aliphatic heterocycles. The number of phenolic OH excluding ortho intramolecular Hbond substituents is 2. The summed E-state index contributed by atoms with van der Waals surface area (Å²) >= 11 is 1.41. The fourth-order valence-corrected chi connectivity index (χ4v) is 4.83. The molecule has 0 bridgehead atoms. The number of hydrogen-bond donors (Lipinski definition) is 3. The highest BCUT2D eigenvalue weighted by atomic mass is 32.1. The van der Waals surface area contributed by atoms with E-state index in [9.17, 15) is 19.8 Å². The lowest BCUT2D eigenvalue weighted by molar-refractivity contribution is 0.0225. The number of amides is 2. The third-order valence-electron chi connectivity index (χ3n) is 5.47. The van der Waals surface area contributed by atoms with E-state index in [0.717, 1.165) is 10.4 Å². The van der Waals surface area contributed by atoms with Crippen LogP contribution in [0.15, 0.2) is 48.8 Å². The first kappa shape index (κ1) is 25.3. The van der Waals surface area contributed by atoms with Crippen molar-refractivity contribution in [1.29, 1.82) is 0 Å². The van der Waals surface area contributed by atoms with Gasteiger partial charge in [-0.3, -0.25) is 9.78 Å². The topological polar surface area (TPSA) is 121 Å². The molecule has 4 rings (SSSR count). The number of fused-ring (bicyclic) bond motifs is 1. The van der Waals surface area contributed by atoms with E-state index in [0.29, 0.717) is 35.7 Å². The summed E-state index contributed by atoms with van der Waals surface area (Å²) in [5, 5.41) is 22.5. The van der Waals surface area contributed by atoms with Crippen LogP contribution in [0, 0.1) is 0 Å². The molecule has 1 unspecified atom stereocenters. The number of thiophene rings is 1. The molecular weight excluding hydrogens is 482 g/mol. The average molecular weight is 512 g/mol. The smallest absolute Gasteiger partial charge is 0.410 e. The van der Waals surface area contributed by atoms with Crippen molar-refractivity contribution in [2.45, 2.75) is 45.4 Å². The number of pyridine rings is 1. The summed E-state index contributed by atoms with van der Waals surface area (Å²) in [4.78, 5) is 32.8. The minimum Gasteiger partial charge on any atom is -0.504 e. The van der Waals surface area contributed by atoms with Crippen LogP contribution in [0.1, 0.15) is 52.6 Å². The third-order valence-corrected chi connectivity index (χ3v) is 6.71. The molecule has 2 amide bonds. The Kier molecular flexibility index (Phi) is 7.35. The molecule has 10 heteroatoms. The maximum atomic E-state index is 13.0. The van der Waals surface area contributed by atoms with Crippen LogP contribution in [0.4, 0.5) is 4.79 Å². The Bertz CT molecular complexity index is 1240. The molecule has 0 spiro atoms. The van der Waals surface area contributed by atoms with Gasteiger partial charge in [-0.2, -0.15) is 0 Å². The molecule has 1 atom stereocenters. The highest BCUT2D eigenvalue weighted by molar-refractivity contribution is 7.14. The Labute approximate surface area is 213 Å². The molecule has 3 heterocycles. The SMILES string of the molecule is CC(C)(C)OC(=O)N1CCc2sc(C(=O)NCC(Oc3cccnc3)c3ccc(O)c(O)c3)cc2C1. The van der Waals surface area contributed by atoms with Gasteiger partial charge in [0.2, 0.25) is 0 Å². The summed E-state index contributed by atoms with van der Waals surface area (Å²) in [5.41, 5.74) is 0.946. The molecule has 0 fully saturated rings. The van der Waals surface area contributed by atoms with Gasteiger partial charge < -0.3 is 29.9 Å². The van der Waals surface area contributed by atoms with E-state index in [1.807, 2.05) is 26.8 Å². The van der Waals surface area contributed by atoms with Crippen LogP contribution in [0.3, 0.4) is 0 Å². The fraction of sp³-hybridized carbons (Fsp3) is 0.346. The van der Waals surface area contributed by atoms with Crippen LogP contribution in [0.2, 0.25) is 0 Å². The molecule has 190 valence electrons. The lowest BCUT2D eigenvalue weighted by atomic mass is 10.1. The highest BCUT2D eigenvalue weighted by Crippen LogP contribution is 2.31. The van der Waals surface area contributed by atoms with E-state index in [4.69, 9.17) is 9.47 Å². The van der Waals surface area contributed by atoms with Crippen LogP contribution in [0.25, 0.3) is 0 Å². The standard InChI is InChI=1S/C26H29N3O6S/c1-26(2,3)35-25(33)29-10-8-22-17(15-29)12-23(36-22)24(32)28-14-21(34-18-5-4-9-27-13-18)16-6-7-19(30)20(31)11-16/h4-7,9,11-13,21,30-31H,8,10,14-15H2,1-3H3,(H,28,32). The van der Waals surface area contributed by atoms with Gasteiger partial charge >= 0.3 is 6.09 Å². The predicted octanol–water partition coefficient (Wildman–Crippen LogP) is 4.40. The molecule has 9 nitrogen and oxygen atoms in total. The monoisotopic (exact) mass is 511 g/mol. The summed E-state index contributed by atoms with van der Waals surface area (Å²) < 4.78 is 11.5. The summed E-state index contributed by atoms with van der Waals surface area (Å²) in [6.07, 6.45) is 2.84. The number of hydrogen-bond acceptors (Lipinski definition) is 8. The second-order valence-electron chi connectivity index (χ2n) is 9.46. The molecule has 0 saturated carbocycles. The molecule has 36 heavy (non-hydrogen) atoms. The van der Waals surface area contributed by atoms with Gasteiger partial charge in [-0.05, 0) is 68.7 Å².